The molecule has 0 radical (unpaired) electrons. The van der Waals surface area contributed by atoms with E-state index in [0.29, 0.717) is 0 Å². The summed E-state index contributed by atoms with van der Waals surface area (Å²) in [6, 6.07) is 0. The normalized spacial score (nSPS) is 10.5. The summed E-state index contributed by atoms with van der Waals surface area (Å²) in [7, 11) is 0. The maximum absolute atomic E-state index is 8.59. The van der Waals surface area contributed by atoms with Crippen molar-refractivity contribution in [1.29, 1.82) is 0 Å². The molecule has 0 saturated carbocycles. The number of hydrogen-bond acceptors (Lipinski definition) is 3. The maximum atomic E-state index is 8.59. The first-order chi connectivity index (χ1) is 1.73. The van der Waals surface area contributed by atoms with Crippen molar-refractivity contribution < 1.29 is 9.52 Å². The molecule has 0 rings (SSSR count). The van der Waals surface area contributed by atoms with Gasteiger partial charge in [0, 0.05) is 0 Å². The van der Waals surface area contributed by atoms with E-state index < -0.39 is 19.0 Å². The molecule has 0 aromatic rings. The van der Waals surface area contributed by atoms with E-state index >= 15 is 0 Å². The first-order valence-corrected chi connectivity index (χ1v) is 2.60. The SMILES string of the molecule is [O]=[Mg](=[O])=[O]. The molecule has 0 heterocycles. The zero-order chi connectivity index (χ0) is 3.58. The summed E-state index contributed by atoms with van der Waals surface area (Å²) >= 11 is -4.15. The van der Waals surface area contributed by atoms with Crippen molar-refractivity contribution in [3.05, 3.63) is 0 Å². The van der Waals surface area contributed by atoms with E-state index in [2.05, 4.69) is 0 Å². The van der Waals surface area contributed by atoms with Gasteiger partial charge in [0.2, 0.25) is 0 Å². The molecule has 0 aromatic carbocycles. The van der Waals surface area contributed by atoms with Crippen molar-refractivity contribution in [3.8, 4) is 0 Å². The molecule has 0 unspecified atom stereocenters. The Bertz CT molecular complexity index is 72.7. The summed E-state index contributed by atoms with van der Waals surface area (Å²) in [4.78, 5) is 0. The summed E-state index contributed by atoms with van der Waals surface area (Å²) in [6.07, 6.45) is 0. The van der Waals surface area contributed by atoms with E-state index in [1.54, 1.807) is 0 Å². The van der Waals surface area contributed by atoms with Gasteiger partial charge in [-0.3, -0.25) is 0 Å². The Hall–Kier alpha value is 0.166. The Morgan fingerprint density at radius 3 is 1.00 bits per heavy atom. The van der Waals surface area contributed by atoms with Crippen molar-refractivity contribution in [1.82, 2.24) is 0 Å². The fourth-order valence-electron chi connectivity index (χ4n) is 0. The topological polar surface area (TPSA) is 51.2 Å². The molecule has 20 valence electrons. The van der Waals surface area contributed by atoms with Crippen LogP contribution in [0.25, 0.3) is 0 Å². The van der Waals surface area contributed by atoms with Gasteiger partial charge in [-0.15, -0.1) is 0 Å². The molecule has 4 heavy (non-hydrogen) atoms. The van der Waals surface area contributed by atoms with Gasteiger partial charge >= 0.3 is 28.5 Å². The van der Waals surface area contributed by atoms with Gasteiger partial charge in [0.15, 0.2) is 0 Å². The van der Waals surface area contributed by atoms with E-state index in [9.17, 15) is 0 Å². The third-order valence-electron chi connectivity index (χ3n) is 0. The standard InChI is InChI=1S/Mg.3O. The van der Waals surface area contributed by atoms with Gasteiger partial charge in [-0.2, -0.15) is 0 Å². The van der Waals surface area contributed by atoms with Gasteiger partial charge in [-0.1, -0.05) is 0 Å². The average molecular weight is 72.3 g/mol. The van der Waals surface area contributed by atoms with Crippen LogP contribution in [0, 0.1) is 0 Å². The average Bonchev–Trinajstić information content (AvgIpc) is 0.811. The molecule has 0 saturated heterocycles. The molecule has 3 nitrogen and oxygen atoms in total. The van der Waals surface area contributed by atoms with Gasteiger partial charge in [0.1, 0.15) is 0 Å². The predicted molar refractivity (Wildman–Crippen MR) is 7.81 cm³/mol. The van der Waals surface area contributed by atoms with Crippen LogP contribution >= 0.6 is 0 Å². The van der Waals surface area contributed by atoms with Crippen LogP contribution in [0.2, 0.25) is 0 Å². The van der Waals surface area contributed by atoms with Crippen LogP contribution in [0.15, 0.2) is 0 Å². The molecule has 0 fully saturated rings. The van der Waals surface area contributed by atoms with Gasteiger partial charge in [-0.25, -0.2) is 0 Å². The Morgan fingerprint density at radius 2 is 1.00 bits per heavy atom. The van der Waals surface area contributed by atoms with E-state index in [1.807, 2.05) is 0 Å². The van der Waals surface area contributed by atoms with Crippen molar-refractivity contribution in [3.63, 3.8) is 0 Å². The fourth-order valence-corrected chi connectivity index (χ4v) is 0. The van der Waals surface area contributed by atoms with Crippen molar-refractivity contribution >= 4 is 19.0 Å². The molecule has 0 N–H and O–H groups in total. The molecule has 0 aliphatic rings. The second-order valence-corrected chi connectivity index (χ2v) is 1.06. The minimum absolute atomic E-state index is 4.15. The molecule has 0 aromatic heterocycles. The van der Waals surface area contributed by atoms with Crippen LogP contribution in [0.1, 0.15) is 0 Å². The Morgan fingerprint density at radius 1 is 1.00 bits per heavy atom. The van der Waals surface area contributed by atoms with Gasteiger partial charge in [0.05, 0.1) is 0 Å². The summed E-state index contributed by atoms with van der Waals surface area (Å²) in [5.74, 6) is 0. The minimum atomic E-state index is -4.15. The summed E-state index contributed by atoms with van der Waals surface area (Å²) < 4.78 is 25.8. The van der Waals surface area contributed by atoms with Gasteiger partial charge < -0.3 is 0 Å². The van der Waals surface area contributed by atoms with Crippen LogP contribution in [0.5, 0.6) is 0 Å². The molecular weight excluding hydrogens is 72.3 g/mol. The second kappa shape index (κ2) is 1.48. The molecule has 0 spiro atoms. The zero-order valence-electron chi connectivity index (χ0n) is 1.93. The van der Waals surface area contributed by atoms with Crippen LogP contribution in [0.4, 0.5) is 0 Å². The van der Waals surface area contributed by atoms with Crippen molar-refractivity contribution in [2.45, 2.75) is 0 Å². The van der Waals surface area contributed by atoms with E-state index in [-0.39, 0.29) is 0 Å². The molecule has 0 atom stereocenters. The molecule has 0 aliphatic heterocycles. The second-order valence-electron chi connectivity index (χ2n) is 0.354. The van der Waals surface area contributed by atoms with Crippen LogP contribution in [-0.4, -0.2) is 19.0 Å². The number of rotatable bonds is 0. The van der Waals surface area contributed by atoms with Gasteiger partial charge in [0.25, 0.3) is 0 Å². The number of hydrogen-bond donors (Lipinski definition) is 0. The zero-order valence-corrected chi connectivity index (χ0v) is 3.35. The summed E-state index contributed by atoms with van der Waals surface area (Å²) in [5, 5.41) is 0. The molecule has 0 aliphatic carbocycles. The monoisotopic (exact) mass is 72.0 g/mol. The summed E-state index contributed by atoms with van der Waals surface area (Å²) in [6.45, 7) is 0. The quantitative estimate of drug-likeness (QED) is 0.354. The van der Waals surface area contributed by atoms with Crippen LogP contribution in [0.3, 0.4) is 0 Å². The van der Waals surface area contributed by atoms with Crippen molar-refractivity contribution in [2.75, 3.05) is 0 Å². The first kappa shape index (κ1) is 4.17. The summed E-state index contributed by atoms with van der Waals surface area (Å²) in [5.41, 5.74) is 0. The predicted octanol–water partition coefficient (Wildman–Crippen LogP) is -0.737. The third kappa shape index (κ3) is 107. The van der Waals surface area contributed by atoms with Gasteiger partial charge in [-0.05, 0) is 0 Å². The Labute approximate surface area is 29.1 Å². The van der Waals surface area contributed by atoms with Crippen LogP contribution in [-0.2, 0) is 9.52 Å². The van der Waals surface area contributed by atoms with E-state index in [0.717, 1.165) is 0 Å². The van der Waals surface area contributed by atoms with E-state index in [4.69, 9.17) is 9.52 Å². The molecule has 0 amide bonds. The molecular formula is MgO3. The molecule has 0 bridgehead atoms. The third-order valence-corrected chi connectivity index (χ3v) is 0. The Kier molecular flexibility index (Phi) is 1.54. The van der Waals surface area contributed by atoms with Crippen molar-refractivity contribution in [2.24, 2.45) is 0 Å². The van der Waals surface area contributed by atoms with E-state index in [1.165, 1.54) is 0 Å². The molecule has 4 heteroatoms. The van der Waals surface area contributed by atoms with Crippen LogP contribution < -0.4 is 0 Å². The Balaban J connectivity index is 4.65. The first-order valence-electron chi connectivity index (χ1n) is 0.866. The fraction of sp³-hybridized carbons (Fsp3) is 0.